The third kappa shape index (κ3) is 5.56. The third-order valence-electron chi connectivity index (χ3n) is 6.99. The number of hydrogen-bond donors (Lipinski definition) is 1. The second-order valence-electron chi connectivity index (χ2n) is 9.48. The summed E-state index contributed by atoms with van der Waals surface area (Å²) in [5.74, 6) is 0.552. The van der Waals surface area contributed by atoms with Crippen LogP contribution in [0.25, 0.3) is 10.8 Å². The van der Waals surface area contributed by atoms with Crippen LogP contribution in [0.15, 0.2) is 66.7 Å². The molecule has 1 aliphatic rings. The first-order valence-electron chi connectivity index (χ1n) is 12.3. The van der Waals surface area contributed by atoms with Crippen molar-refractivity contribution in [1.82, 2.24) is 10.2 Å². The SMILES string of the molecule is CCN(c1cccc2ccccc12)C1CCCC(c2ccc(C(=O)NCCN(C)C)cc2)C1. The van der Waals surface area contributed by atoms with Gasteiger partial charge >= 0.3 is 0 Å². The van der Waals surface area contributed by atoms with E-state index in [0.717, 1.165) is 25.1 Å². The number of rotatable bonds is 8. The summed E-state index contributed by atoms with van der Waals surface area (Å²) in [6, 6.07) is 24.2. The lowest BCUT2D eigenvalue weighted by molar-refractivity contribution is 0.0951. The van der Waals surface area contributed by atoms with Crippen molar-refractivity contribution in [3.63, 3.8) is 0 Å². The number of nitrogens with zero attached hydrogens (tertiary/aromatic N) is 2. The molecule has 2 atom stereocenters. The standard InChI is InChI=1S/C29H37N3O/c1-4-32(28-14-8-10-23-9-5-6-13-27(23)28)26-12-7-11-25(21-26)22-15-17-24(18-16-22)29(33)30-19-20-31(2)3/h5-6,8-10,13-18,25-26H,4,7,11-12,19-21H2,1-3H3,(H,30,33). The number of carbonyl (C=O) groups excluding carboxylic acids is 1. The highest BCUT2D eigenvalue weighted by molar-refractivity contribution is 5.95. The van der Waals surface area contributed by atoms with Gasteiger partial charge < -0.3 is 15.1 Å². The molecule has 33 heavy (non-hydrogen) atoms. The summed E-state index contributed by atoms with van der Waals surface area (Å²) in [6.07, 6.45) is 4.85. The maximum atomic E-state index is 12.4. The zero-order valence-electron chi connectivity index (χ0n) is 20.3. The van der Waals surface area contributed by atoms with Crippen molar-refractivity contribution in [3.05, 3.63) is 77.9 Å². The number of benzene rings is 3. The first kappa shape index (κ1) is 23.3. The summed E-state index contributed by atoms with van der Waals surface area (Å²) >= 11 is 0. The van der Waals surface area contributed by atoms with E-state index in [0.29, 0.717) is 18.5 Å². The molecule has 3 aromatic rings. The molecule has 0 aromatic heterocycles. The molecule has 0 aliphatic heterocycles. The highest BCUT2D eigenvalue weighted by Gasteiger charge is 2.28. The Kier molecular flexibility index (Phi) is 7.66. The molecule has 0 radical (unpaired) electrons. The quantitative estimate of drug-likeness (QED) is 0.486. The molecule has 4 heteroatoms. The molecule has 1 fully saturated rings. The van der Waals surface area contributed by atoms with E-state index in [1.165, 1.54) is 41.3 Å². The first-order valence-corrected chi connectivity index (χ1v) is 12.3. The highest BCUT2D eigenvalue weighted by Crippen LogP contribution is 2.38. The van der Waals surface area contributed by atoms with Crippen molar-refractivity contribution in [2.75, 3.05) is 38.6 Å². The van der Waals surface area contributed by atoms with E-state index in [-0.39, 0.29) is 5.91 Å². The van der Waals surface area contributed by atoms with Crippen LogP contribution < -0.4 is 10.2 Å². The molecule has 0 bridgehead atoms. The molecular formula is C29H37N3O. The van der Waals surface area contributed by atoms with Crippen LogP contribution in [0, 0.1) is 0 Å². The lowest BCUT2D eigenvalue weighted by atomic mass is 9.80. The summed E-state index contributed by atoms with van der Waals surface area (Å²) < 4.78 is 0. The van der Waals surface area contributed by atoms with Crippen LogP contribution in [-0.4, -0.2) is 50.6 Å². The smallest absolute Gasteiger partial charge is 0.251 e. The predicted molar refractivity (Wildman–Crippen MR) is 139 cm³/mol. The van der Waals surface area contributed by atoms with Crippen LogP contribution in [0.2, 0.25) is 0 Å². The minimum absolute atomic E-state index is 0.0121. The van der Waals surface area contributed by atoms with Crippen LogP contribution in [-0.2, 0) is 0 Å². The molecule has 174 valence electrons. The molecule has 1 aliphatic carbocycles. The summed E-state index contributed by atoms with van der Waals surface area (Å²) in [5.41, 5.74) is 3.46. The summed E-state index contributed by atoms with van der Waals surface area (Å²) in [5, 5.41) is 5.65. The molecule has 4 rings (SSSR count). The fourth-order valence-electron chi connectivity index (χ4n) is 5.24. The van der Waals surface area contributed by atoms with Gasteiger partial charge in [-0.25, -0.2) is 0 Å². The van der Waals surface area contributed by atoms with Crippen LogP contribution in [0.4, 0.5) is 5.69 Å². The van der Waals surface area contributed by atoms with E-state index in [1.54, 1.807) is 0 Å². The van der Waals surface area contributed by atoms with Crippen molar-refractivity contribution >= 4 is 22.4 Å². The molecule has 3 aromatic carbocycles. The van der Waals surface area contributed by atoms with E-state index in [9.17, 15) is 4.79 Å². The van der Waals surface area contributed by atoms with Crippen LogP contribution >= 0.6 is 0 Å². The number of likely N-dealkylation sites (N-methyl/N-ethyl adjacent to an activating group) is 1. The Morgan fingerprint density at radius 3 is 2.48 bits per heavy atom. The molecule has 1 amide bonds. The van der Waals surface area contributed by atoms with Crippen LogP contribution in [0.1, 0.15) is 54.4 Å². The number of nitrogens with one attached hydrogen (secondary N) is 1. The maximum Gasteiger partial charge on any atom is 0.251 e. The largest absolute Gasteiger partial charge is 0.368 e. The number of fused-ring (bicyclic) bond motifs is 1. The Morgan fingerprint density at radius 2 is 1.73 bits per heavy atom. The minimum Gasteiger partial charge on any atom is -0.368 e. The van der Waals surface area contributed by atoms with Gasteiger partial charge in [-0.3, -0.25) is 4.79 Å². The minimum atomic E-state index is 0.0121. The lowest BCUT2D eigenvalue weighted by Crippen LogP contribution is -2.38. The molecule has 4 nitrogen and oxygen atoms in total. The van der Waals surface area contributed by atoms with Gasteiger partial charge in [-0.05, 0) is 75.3 Å². The first-order chi connectivity index (χ1) is 16.1. The van der Waals surface area contributed by atoms with E-state index in [2.05, 4.69) is 76.6 Å². The zero-order chi connectivity index (χ0) is 23.2. The maximum absolute atomic E-state index is 12.4. The monoisotopic (exact) mass is 443 g/mol. The van der Waals surface area contributed by atoms with Crippen molar-refractivity contribution in [3.8, 4) is 0 Å². The van der Waals surface area contributed by atoms with E-state index < -0.39 is 0 Å². The van der Waals surface area contributed by atoms with Gasteiger partial charge in [0.15, 0.2) is 0 Å². The van der Waals surface area contributed by atoms with Crippen LogP contribution in [0.5, 0.6) is 0 Å². The van der Waals surface area contributed by atoms with Crippen molar-refractivity contribution in [1.29, 1.82) is 0 Å². The molecule has 0 saturated heterocycles. The molecule has 1 saturated carbocycles. The molecule has 0 spiro atoms. The number of anilines is 1. The number of hydrogen-bond acceptors (Lipinski definition) is 3. The highest BCUT2D eigenvalue weighted by atomic mass is 16.1. The Bertz CT molecular complexity index is 1050. The molecule has 1 N–H and O–H groups in total. The van der Waals surface area contributed by atoms with Crippen molar-refractivity contribution in [2.24, 2.45) is 0 Å². The fourth-order valence-corrected chi connectivity index (χ4v) is 5.24. The average molecular weight is 444 g/mol. The second-order valence-corrected chi connectivity index (χ2v) is 9.48. The predicted octanol–water partition coefficient (Wildman–Crippen LogP) is 5.68. The zero-order valence-corrected chi connectivity index (χ0v) is 20.3. The van der Waals surface area contributed by atoms with Gasteiger partial charge in [0.2, 0.25) is 0 Å². The van der Waals surface area contributed by atoms with E-state index in [4.69, 9.17) is 0 Å². The molecule has 0 heterocycles. The normalized spacial score (nSPS) is 18.4. The van der Waals surface area contributed by atoms with Gasteiger partial charge in [0.05, 0.1) is 0 Å². The Labute approximate surface area is 198 Å². The number of amides is 1. The van der Waals surface area contributed by atoms with Gasteiger partial charge in [0, 0.05) is 42.3 Å². The summed E-state index contributed by atoms with van der Waals surface area (Å²) in [7, 11) is 4.02. The van der Waals surface area contributed by atoms with Crippen molar-refractivity contribution < 1.29 is 4.79 Å². The summed E-state index contributed by atoms with van der Waals surface area (Å²) in [6.45, 7) is 4.80. The van der Waals surface area contributed by atoms with E-state index >= 15 is 0 Å². The van der Waals surface area contributed by atoms with Gasteiger partial charge in [-0.15, -0.1) is 0 Å². The van der Waals surface area contributed by atoms with Crippen LogP contribution in [0.3, 0.4) is 0 Å². The lowest BCUT2D eigenvalue weighted by Gasteiger charge is -2.39. The fraction of sp³-hybridized carbons (Fsp3) is 0.414. The third-order valence-corrected chi connectivity index (χ3v) is 6.99. The van der Waals surface area contributed by atoms with Gasteiger partial charge in [-0.2, -0.15) is 0 Å². The second kappa shape index (κ2) is 10.8. The molecule has 2 unspecified atom stereocenters. The Morgan fingerprint density at radius 1 is 0.970 bits per heavy atom. The molecular weight excluding hydrogens is 406 g/mol. The van der Waals surface area contributed by atoms with E-state index in [1.807, 2.05) is 26.2 Å². The topological polar surface area (TPSA) is 35.6 Å². The van der Waals surface area contributed by atoms with Gasteiger partial charge in [-0.1, -0.05) is 55.0 Å². The average Bonchev–Trinajstić information content (AvgIpc) is 2.85. The Hall–Kier alpha value is -2.85. The Balaban J connectivity index is 1.46. The summed E-state index contributed by atoms with van der Waals surface area (Å²) in [4.78, 5) is 17.1. The number of carbonyl (C=O) groups is 1. The van der Waals surface area contributed by atoms with Crippen molar-refractivity contribution in [2.45, 2.75) is 44.6 Å². The van der Waals surface area contributed by atoms with Gasteiger partial charge in [0.1, 0.15) is 0 Å². The van der Waals surface area contributed by atoms with Gasteiger partial charge in [0.25, 0.3) is 5.91 Å².